The molecule has 1 unspecified atom stereocenters. The molecule has 2 N–H and O–H groups in total. The highest BCUT2D eigenvalue weighted by molar-refractivity contribution is 6.23. The highest BCUT2D eigenvalue weighted by atomic mass is 16.6. The van der Waals surface area contributed by atoms with E-state index in [0.29, 0.717) is 11.5 Å². The number of hydrogen-bond acceptors (Lipinski definition) is 8. The van der Waals surface area contributed by atoms with Crippen LogP contribution in [0.1, 0.15) is 28.5 Å². The molecule has 7 aromatic carbocycles. The molecule has 0 radical (unpaired) electrons. The summed E-state index contributed by atoms with van der Waals surface area (Å²) >= 11 is 0. The molecule has 1 aliphatic rings. The van der Waals surface area contributed by atoms with E-state index in [-0.39, 0.29) is 18.9 Å². The van der Waals surface area contributed by atoms with Crippen LogP contribution < -0.4 is 20.7 Å². The number of H-pyrrole nitrogens is 1. The van der Waals surface area contributed by atoms with Gasteiger partial charge in [-0.3, -0.25) is 19.1 Å². The fraction of sp³-hybridized carbons (Fsp3) is 0.204. The van der Waals surface area contributed by atoms with Gasteiger partial charge in [0, 0.05) is 19.3 Å². The number of likely N-dealkylation sites (N-methyl/N-ethyl adjacent to an activating group) is 1. The zero-order valence-corrected chi connectivity index (χ0v) is 33.3. The Bertz CT molecular complexity index is 2870. The number of nitrogens with zero attached hydrogens (tertiary/aromatic N) is 2. The van der Waals surface area contributed by atoms with Crippen LogP contribution in [0.2, 0.25) is 0 Å². The van der Waals surface area contributed by atoms with E-state index in [9.17, 15) is 19.5 Å². The number of carbonyl (C=O) groups excluding carboxylic acids is 1. The minimum absolute atomic E-state index is 0.0222. The zero-order valence-electron chi connectivity index (χ0n) is 33.3. The SMILES string of the molecule is COc1ccc(C(OC[C@H]2O[C@@H](n3ccc(=O)[nH]c3=O)[C@@H](N(C)C(=O)Cc3ccc4ccc5cccc6ccc3c4c56)C2O)(c2ccccc2)c2ccc(OC)cc2)cc1. The number of amides is 1. The summed E-state index contributed by atoms with van der Waals surface area (Å²) in [4.78, 5) is 43.7. The summed E-state index contributed by atoms with van der Waals surface area (Å²) in [6.07, 6.45) is -2.21. The molecule has 1 aliphatic heterocycles. The van der Waals surface area contributed by atoms with Crippen LogP contribution in [0.4, 0.5) is 0 Å². The number of aromatic nitrogens is 2. The number of nitrogens with one attached hydrogen (secondary N) is 1. The van der Waals surface area contributed by atoms with Gasteiger partial charge in [0.05, 0.1) is 27.2 Å². The summed E-state index contributed by atoms with van der Waals surface area (Å²) < 4.78 is 25.9. The lowest BCUT2D eigenvalue weighted by Gasteiger charge is -2.37. The number of carbonyl (C=O) groups is 1. The fourth-order valence-corrected chi connectivity index (χ4v) is 8.83. The van der Waals surface area contributed by atoms with Gasteiger partial charge in [-0.05, 0) is 78.8 Å². The van der Waals surface area contributed by atoms with Gasteiger partial charge in [-0.25, -0.2) is 4.79 Å². The van der Waals surface area contributed by atoms with E-state index < -0.39 is 41.3 Å². The molecule has 1 amide bonds. The van der Waals surface area contributed by atoms with Crippen molar-refractivity contribution in [1.29, 1.82) is 0 Å². The standard InChI is InChI=1S/C49H43N3O8/c1-51(42(54)28-33-15-14-32-13-12-30-8-7-9-31-16-25-39(33)44(32)43(30)31)45-46(55)40(60-47(45)52-27-26-41(53)50-48(52)56)29-59-49(34-10-5-4-6-11-34,35-17-21-37(57-2)22-18-35)36-19-23-38(58-3)24-20-36/h4-27,40,45-47,55H,28-29H2,1-3H3,(H,50,53,56)/t40-,45+,46?,47-/m1/s1. The van der Waals surface area contributed by atoms with Crippen LogP contribution in [-0.4, -0.2) is 71.6 Å². The van der Waals surface area contributed by atoms with Gasteiger partial charge in [0.15, 0.2) is 6.23 Å². The number of methoxy groups -OCH3 is 2. The fourth-order valence-electron chi connectivity index (χ4n) is 8.83. The second-order valence-electron chi connectivity index (χ2n) is 15.1. The van der Waals surface area contributed by atoms with Crippen molar-refractivity contribution in [3.05, 3.63) is 189 Å². The van der Waals surface area contributed by atoms with Crippen molar-refractivity contribution in [3.8, 4) is 11.5 Å². The second-order valence-corrected chi connectivity index (χ2v) is 15.1. The maximum absolute atomic E-state index is 14.5. The highest BCUT2D eigenvalue weighted by Crippen LogP contribution is 2.43. The number of aliphatic hydroxyl groups excluding tert-OH is 1. The molecular weight excluding hydrogens is 759 g/mol. The predicted octanol–water partition coefficient (Wildman–Crippen LogP) is 6.79. The van der Waals surface area contributed by atoms with Crippen molar-refractivity contribution < 1.29 is 28.8 Å². The lowest BCUT2D eigenvalue weighted by Crippen LogP contribution is -2.50. The molecule has 4 atom stereocenters. The molecule has 0 saturated carbocycles. The third-order valence-electron chi connectivity index (χ3n) is 11.9. The Morgan fingerprint density at radius 2 is 1.32 bits per heavy atom. The van der Waals surface area contributed by atoms with E-state index in [1.807, 2.05) is 97.1 Å². The molecule has 0 spiro atoms. The Hall–Kier alpha value is -6.79. The zero-order chi connectivity index (χ0) is 41.5. The van der Waals surface area contributed by atoms with Gasteiger partial charge >= 0.3 is 5.69 Å². The molecule has 302 valence electrons. The molecule has 1 saturated heterocycles. The number of aliphatic hydroxyl groups is 1. The summed E-state index contributed by atoms with van der Waals surface area (Å²) in [5.74, 6) is 1.03. The lowest BCUT2D eigenvalue weighted by molar-refractivity contribution is -0.135. The highest BCUT2D eigenvalue weighted by Gasteiger charge is 2.50. The van der Waals surface area contributed by atoms with Crippen LogP contribution >= 0.6 is 0 Å². The first-order chi connectivity index (χ1) is 29.2. The number of rotatable bonds is 12. The van der Waals surface area contributed by atoms with Gasteiger partial charge in [-0.1, -0.05) is 109 Å². The van der Waals surface area contributed by atoms with Crippen LogP contribution in [0.5, 0.6) is 11.5 Å². The van der Waals surface area contributed by atoms with Crippen LogP contribution in [0.15, 0.2) is 155 Å². The maximum atomic E-state index is 14.5. The largest absolute Gasteiger partial charge is 0.497 e. The molecule has 11 nitrogen and oxygen atoms in total. The van der Waals surface area contributed by atoms with Gasteiger partial charge in [0.25, 0.3) is 5.56 Å². The van der Waals surface area contributed by atoms with Gasteiger partial charge in [-0.15, -0.1) is 0 Å². The molecular formula is C49H43N3O8. The average Bonchev–Trinajstić information content (AvgIpc) is 3.61. The van der Waals surface area contributed by atoms with E-state index in [2.05, 4.69) is 41.4 Å². The molecule has 2 heterocycles. The summed E-state index contributed by atoms with van der Waals surface area (Å²) in [6, 6.07) is 43.6. The molecule has 60 heavy (non-hydrogen) atoms. The molecule has 0 bridgehead atoms. The average molecular weight is 802 g/mol. The first-order valence-electron chi connectivity index (χ1n) is 19.7. The van der Waals surface area contributed by atoms with Crippen molar-refractivity contribution in [3.63, 3.8) is 0 Å². The van der Waals surface area contributed by atoms with E-state index >= 15 is 0 Å². The van der Waals surface area contributed by atoms with Crippen molar-refractivity contribution in [1.82, 2.24) is 14.5 Å². The van der Waals surface area contributed by atoms with Crippen LogP contribution in [0.25, 0.3) is 32.3 Å². The molecule has 11 heteroatoms. The summed E-state index contributed by atoms with van der Waals surface area (Å²) in [7, 11) is 4.81. The third-order valence-corrected chi connectivity index (χ3v) is 11.9. The summed E-state index contributed by atoms with van der Waals surface area (Å²) in [5.41, 5.74) is 0.622. The van der Waals surface area contributed by atoms with Crippen LogP contribution in [0.3, 0.4) is 0 Å². The van der Waals surface area contributed by atoms with Crippen molar-refractivity contribution in [2.75, 3.05) is 27.9 Å². The molecule has 1 fully saturated rings. The van der Waals surface area contributed by atoms with Crippen LogP contribution in [0, 0.1) is 0 Å². The lowest BCUT2D eigenvalue weighted by atomic mass is 9.80. The van der Waals surface area contributed by atoms with Gasteiger partial charge in [0.2, 0.25) is 5.91 Å². The third kappa shape index (κ3) is 6.66. The second kappa shape index (κ2) is 15.8. The molecule has 0 aliphatic carbocycles. The van der Waals surface area contributed by atoms with Crippen molar-refractivity contribution >= 4 is 38.2 Å². The van der Waals surface area contributed by atoms with Crippen molar-refractivity contribution in [2.24, 2.45) is 0 Å². The molecule has 8 aromatic rings. The number of ether oxygens (including phenoxy) is 4. The maximum Gasteiger partial charge on any atom is 0.330 e. The Morgan fingerprint density at radius 1 is 0.733 bits per heavy atom. The molecule has 9 rings (SSSR count). The van der Waals surface area contributed by atoms with E-state index in [1.165, 1.54) is 21.7 Å². The van der Waals surface area contributed by atoms with E-state index in [0.717, 1.165) is 54.6 Å². The smallest absolute Gasteiger partial charge is 0.330 e. The Kier molecular flexibility index (Phi) is 10.2. The van der Waals surface area contributed by atoms with E-state index in [4.69, 9.17) is 18.9 Å². The predicted molar refractivity (Wildman–Crippen MR) is 230 cm³/mol. The number of hydrogen-bond donors (Lipinski definition) is 2. The normalized spacial score (nSPS) is 18.0. The quantitative estimate of drug-likeness (QED) is 0.102. The van der Waals surface area contributed by atoms with E-state index in [1.54, 1.807) is 21.3 Å². The Morgan fingerprint density at radius 3 is 1.93 bits per heavy atom. The molecule has 1 aromatic heterocycles. The number of aromatic amines is 1. The Labute approximate surface area is 345 Å². The van der Waals surface area contributed by atoms with Gasteiger partial charge < -0.3 is 29.0 Å². The van der Waals surface area contributed by atoms with Gasteiger partial charge in [0.1, 0.15) is 35.3 Å². The van der Waals surface area contributed by atoms with Crippen LogP contribution in [-0.2, 0) is 26.3 Å². The first-order valence-corrected chi connectivity index (χ1v) is 19.7. The minimum Gasteiger partial charge on any atom is -0.497 e. The summed E-state index contributed by atoms with van der Waals surface area (Å²) in [5, 5.41) is 18.8. The first kappa shape index (κ1) is 38.7. The minimum atomic E-state index is -1.33. The van der Waals surface area contributed by atoms with Gasteiger partial charge in [-0.2, -0.15) is 0 Å². The van der Waals surface area contributed by atoms with Crippen molar-refractivity contribution in [2.45, 2.75) is 36.5 Å². The monoisotopic (exact) mass is 801 g/mol. The topological polar surface area (TPSA) is 132 Å². The summed E-state index contributed by atoms with van der Waals surface area (Å²) in [6.45, 7) is -0.170. The Balaban J connectivity index is 1.08. The number of benzene rings is 7.